The van der Waals surface area contributed by atoms with Crippen molar-refractivity contribution in [3.05, 3.63) is 83.3 Å². The average molecular weight is 572 g/mol. The van der Waals surface area contributed by atoms with Crippen LogP contribution in [0.25, 0.3) is 11.0 Å². The van der Waals surface area contributed by atoms with E-state index in [1.165, 1.54) is 19.1 Å². The van der Waals surface area contributed by atoms with Crippen LogP contribution in [0.2, 0.25) is 0 Å². The van der Waals surface area contributed by atoms with Crippen LogP contribution in [0.4, 0.5) is 16.3 Å². The fraction of sp³-hybridized carbons (Fsp3) is 0.267. The van der Waals surface area contributed by atoms with Gasteiger partial charge in [-0.2, -0.15) is 4.99 Å². The molecule has 0 saturated heterocycles. The Balaban J connectivity index is 1.57. The quantitative estimate of drug-likeness (QED) is 0.171. The lowest BCUT2D eigenvalue weighted by molar-refractivity contribution is -0.140. The van der Waals surface area contributed by atoms with E-state index >= 15 is 0 Å². The zero-order chi connectivity index (χ0) is 30.4. The highest BCUT2D eigenvalue weighted by atomic mass is 16.5. The third kappa shape index (κ3) is 6.54. The van der Waals surface area contributed by atoms with E-state index in [0.717, 1.165) is 22.6 Å². The molecule has 0 aliphatic heterocycles. The summed E-state index contributed by atoms with van der Waals surface area (Å²) in [4.78, 5) is 51.2. The lowest BCUT2D eigenvalue weighted by Gasteiger charge is -2.21. The first-order valence-electron chi connectivity index (χ1n) is 13.2. The molecule has 2 heterocycles. The molecule has 0 aliphatic rings. The molecular weight excluding hydrogens is 538 g/mol. The summed E-state index contributed by atoms with van der Waals surface area (Å²) < 4.78 is 11.3. The van der Waals surface area contributed by atoms with E-state index in [1.54, 1.807) is 42.6 Å². The van der Waals surface area contributed by atoms with Crippen LogP contribution in [0.1, 0.15) is 46.7 Å². The number of amidine groups is 1. The minimum atomic E-state index is -0.764. The van der Waals surface area contributed by atoms with Crippen LogP contribution in [-0.4, -0.2) is 59.1 Å². The van der Waals surface area contributed by atoms with E-state index in [2.05, 4.69) is 20.0 Å². The average Bonchev–Trinajstić information content (AvgIpc) is 3.33. The number of carbonyl (C=O) groups excluding carboxylic acids is 3. The number of nitrogens with zero attached hydrogens (tertiary/aromatic N) is 5. The second-order valence-electron chi connectivity index (χ2n) is 9.57. The molecule has 2 aromatic carbocycles. The molecule has 1 unspecified atom stereocenters. The minimum absolute atomic E-state index is 0.0309. The maximum atomic E-state index is 13.6. The summed E-state index contributed by atoms with van der Waals surface area (Å²) in [5, 5.41) is 3.45. The predicted molar refractivity (Wildman–Crippen MR) is 160 cm³/mol. The van der Waals surface area contributed by atoms with Gasteiger partial charge in [0.05, 0.1) is 37.7 Å². The Hall–Kier alpha value is -5.26. The molecule has 4 rings (SSSR count). The first-order chi connectivity index (χ1) is 20.1. The molecule has 1 atom stereocenters. The predicted octanol–water partition coefficient (Wildman–Crippen LogP) is 4.13. The zero-order valence-electron chi connectivity index (χ0n) is 24.1. The number of anilines is 2. The molecule has 42 heavy (non-hydrogen) atoms. The monoisotopic (exact) mass is 571 g/mol. The molecule has 0 radical (unpaired) electrons. The van der Waals surface area contributed by atoms with Crippen LogP contribution in [0.5, 0.6) is 0 Å². The number of nitrogens with two attached hydrogens (primary N) is 1. The number of aryl methyl sites for hydroxylation is 2. The van der Waals surface area contributed by atoms with Crippen molar-refractivity contribution in [1.82, 2.24) is 14.5 Å². The molecule has 2 aromatic heterocycles. The highest BCUT2D eigenvalue weighted by molar-refractivity contribution is 6.07. The number of hydrogen-bond acceptors (Lipinski definition) is 8. The molecule has 0 spiro atoms. The van der Waals surface area contributed by atoms with Crippen molar-refractivity contribution in [2.24, 2.45) is 17.8 Å². The summed E-state index contributed by atoms with van der Waals surface area (Å²) in [6.45, 7) is 3.98. The van der Waals surface area contributed by atoms with E-state index < -0.39 is 12.1 Å². The van der Waals surface area contributed by atoms with Gasteiger partial charge in [0, 0.05) is 36.6 Å². The third-order valence-corrected chi connectivity index (χ3v) is 6.76. The Morgan fingerprint density at radius 3 is 2.55 bits per heavy atom. The standard InChI is InChI=1S/C30H33N7O5/c1-18-16-21(10-11-22(18)27(31)35-30(40)42-5)33-19(2)28-34-23-17-20(9-12-24(23)36(28)3)29(39)37(15-13-26(38)41-4)25-8-6-7-14-32-25/h6-12,14,16-17,19,33H,13,15H2,1-5H3,(H2,31,35,40). The molecule has 218 valence electrons. The van der Waals surface area contributed by atoms with Crippen LogP contribution in [-0.2, 0) is 21.3 Å². The fourth-order valence-corrected chi connectivity index (χ4v) is 4.59. The Morgan fingerprint density at radius 1 is 1.10 bits per heavy atom. The lowest BCUT2D eigenvalue weighted by Crippen LogP contribution is -2.33. The number of fused-ring (bicyclic) bond motifs is 1. The smallest absolute Gasteiger partial charge is 0.435 e. The maximum absolute atomic E-state index is 13.6. The van der Waals surface area contributed by atoms with Crippen LogP contribution < -0.4 is 16.0 Å². The van der Waals surface area contributed by atoms with Gasteiger partial charge in [0.1, 0.15) is 17.5 Å². The van der Waals surface area contributed by atoms with Gasteiger partial charge in [-0.15, -0.1) is 0 Å². The number of hydrogen-bond donors (Lipinski definition) is 2. The van der Waals surface area contributed by atoms with Crippen molar-refractivity contribution >= 4 is 46.3 Å². The molecule has 12 nitrogen and oxygen atoms in total. The van der Waals surface area contributed by atoms with Crippen molar-refractivity contribution in [3.8, 4) is 0 Å². The van der Waals surface area contributed by atoms with E-state index in [4.69, 9.17) is 15.5 Å². The molecule has 4 aromatic rings. The van der Waals surface area contributed by atoms with E-state index in [9.17, 15) is 14.4 Å². The number of aromatic nitrogens is 3. The summed E-state index contributed by atoms with van der Waals surface area (Å²) in [5.74, 6) is 0.550. The number of pyridine rings is 1. The number of methoxy groups -OCH3 is 2. The molecular formula is C30H33N7O5. The van der Waals surface area contributed by atoms with Crippen molar-refractivity contribution in [3.63, 3.8) is 0 Å². The van der Waals surface area contributed by atoms with E-state index in [1.807, 2.05) is 43.7 Å². The molecule has 0 saturated carbocycles. The highest BCUT2D eigenvalue weighted by Gasteiger charge is 2.22. The second-order valence-corrected chi connectivity index (χ2v) is 9.57. The Kier molecular flexibility index (Phi) is 9.15. The number of amides is 2. The van der Waals surface area contributed by atoms with Crippen molar-refractivity contribution < 1.29 is 23.9 Å². The molecule has 2 amide bonds. The number of rotatable bonds is 9. The maximum Gasteiger partial charge on any atom is 0.435 e. The Bertz CT molecular complexity index is 1650. The molecule has 0 fully saturated rings. The molecule has 3 N–H and O–H groups in total. The SMILES string of the molecule is COC(=O)CCN(C(=O)c1ccc2c(c1)nc(C(C)Nc1ccc(/C(N)=N\C(=O)OC)c(C)c1)n2C)c1ccccn1. The number of benzene rings is 2. The van der Waals surface area contributed by atoms with Gasteiger partial charge >= 0.3 is 12.1 Å². The molecule has 0 bridgehead atoms. The van der Waals surface area contributed by atoms with Crippen LogP contribution in [0.15, 0.2) is 65.8 Å². The van der Waals surface area contributed by atoms with Crippen molar-refractivity contribution in [2.75, 3.05) is 31.0 Å². The van der Waals surface area contributed by atoms with Gasteiger partial charge in [0.15, 0.2) is 0 Å². The third-order valence-electron chi connectivity index (χ3n) is 6.76. The molecule has 12 heteroatoms. The van der Waals surface area contributed by atoms with Gasteiger partial charge in [0.25, 0.3) is 5.91 Å². The Morgan fingerprint density at radius 2 is 1.88 bits per heavy atom. The zero-order valence-corrected chi connectivity index (χ0v) is 24.1. The fourth-order valence-electron chi connectivity index (χ4n) is 4.59. The topological polar surface area (TPSA) is 154 Å². The van der Waals surface area contributed by atoms with E-state index in [0.29, 0.717) is 22.5 Å². The first kappa shape index (κ1) is 29.7. The minimum Gasteiger partial charge on any atom is -0.469 e. The number of nitrogens with one attached hydrogen (secondary N) is 1. The van der Waals surface area contributed by atoms with Gasteiger partial charge < -0.3 is 25.1 Å². The second kappa shape index (κ2) is 12.9. The lowest BCUT2D eigenvalue weighted by atomic mass is 10.1. The van der Waals surface area contributed by atoms with Crippen molar-refractivity contribution in [2.45, 2.75) is 26.3 Å². The van der Waals surface area contributed by atoms with Crippen LogP contribution in [0, 0.1) is 6.92 Å². The summed E-state index contributed by atoms with van der Waals surface area (Å²) in [6, 6.07) is 15.9. The number of imidazole rings is 1. The first-order valence-corrected chi connectivity index (χ1v) is 13.2. The van der Waals surface area contributed by atoms with Gasteiger partial charge in [-0.3, -0.25) is 14.5 Å². The summed E-state index contributed by atoms with van der Waals surface area (Å²) in [5.41, 5.74) is 10.2. The number of esters is 1. The summed E-state index contributed by atoms with van der Waals surface area (Å²) in [6.07, 6.45) is 0.861. The van der Waals surface area contributed by atoms with E-state index in [-0.39, 0.29) is 30.8 Å². The van der Waals surface area contributed by atoms with Gasteiger partial charge in [-0.25, -0.2) is 14.8 Å². The van der Waals surface area contributed by atoms with Crippen LogP contribution in [0.3, 0.4) is 0 Å². The van der Waals surface area contributed by atoms with Gasteiger partial charge in [-0.05, 0) is 67.9 Å². The van der Waals surface area contributed by atoms with Gasteiger partial charge in [0.2, 0.25) is 0 Å². The number of ether oxygens (including phenoxy) is 2. The van der Waals surface area contributed by atoms with Crippen LogP contribution >= 0.6 is 0 Å². The summed E-state index contributed by atoms with van der Waals surface area (Å²) >= 11 is 0. The molecule has 0 aliphatic carbocycles. The highest BCUT2D eigenvalue weighted by Crippen LogP contribution is 2.26. The summed E-state index contributed by atoms with van der Waals surface area (Å²) in [7, 11) is 4.47. The Labute approximate surface area is 243 Å². The van der Waals surface area contributed by atoms with Crippen molar-refractivity contribution in [1.29, 1.82) is 0 Å². The number of carbonyl (C=O) groups is 3. The number of aliphatic imine (C=N–C) groups is 1. The normalized spacial score (nSPS) is 12.1. The van der Waals surface area contributed by atoms with Gasteiger partial charge in [-0.1, -0.05) is 6.07 Å². The largest absolute Gasteiger partial charge is 0.469 e.